The second kappa shape index (κ2) is 11.0. The number of hydrogen-bond acceptors (Lipinski definition) is 7. The summed E-state index contributed by atoms with van der Waals surface area (Å²) in [6.07, 6.45) is -0.141. The predicted molar refractivity (Wildman–Crippen MR) is 95.9 cm³/mol. The number of carbonyl (C=O) groups is 1. The minimum absolute atomic E-state index is 0.105. The van der Waals surface area contributed by atoms with E-state index in [1.165, 1.54) is 0 Å². The van der Waals surface area contributed by atoms with Crippen LogP contribution in [0.25, 0.3) is 0 Å². The van der Waals surface area contributed by atoms with Gasteiger partial charge in [0.05, 0.1) is 6.10 Å². The first-order chi connectivity index (χ1) is 11.5. The number of nitrogens with zero attached hydrogens (tertiary/aromatic N) is 1. The maximum atomic E-state index is 11.4. The smallest absolute Gasteiger partial charge is 0.389 e. The fourth-order valence-electron chi connectivity index (χ4n) is 1.57. The van der Waals surface area contributed by atoms with Crippen LogP contribution in [0, 0.1) is 13.8 Å². The van der Waals surface area contributed by atoms with Crippen LogP contribution < -0.4 is 5.73 Å². The molecular formula is C16H28N2O6S. The molecule has 0 saturated heterocycles. The molecule has 9 heteroatoms. The van der Waals surface area contributed by atoms with Gasteiger partial charge >= 0.3 is 16.3 Å². The van der Waals surface area contributed by atoms with Crippen molar-refractivity contribution in [3.05, 3.63) is 29.3 Å². The molecule has 0 aliphatic heterocycles. The van der Waals surface area contributed by atoms with Gasteiger partial charge in [0.1, 0.15) is 13.3 Å². The average Bonchev–Trinajstić information content (AvgIpc) is 2.52. The Morgan fingerprint density at radius 3 is 2.16 bits per heavy atom. The van der Waals surface area contributed by atoms with Gasteiger partial charge < -0.3 is 19.8 Å². The van der Waals surface area contributed by atoms with Gasteiger partial charge in [-0.1, -0.05) is 25.1 Å². The first kappa shape index (κ1) is 23.3. The lowest BCUT2D eigenvalue weighted by Crippen LogP contribution is -2.37. The SMILES string of the molecule is CCN(COC(C)C)S(=O)(=O)OC(=O)CO.Cc1cccc(C)c1N. The Balaban J connectivity index is 0.000000535. The molecule has 0 heterocycles. The minimum Gasteiger partial charge on any atom is -0.398 e. The Morgan fingerprint density at radius 1 is 1.28 bits per heavy atom. The van der Waals surface area contributed by atoms with E-state index in [9.17, 15) is 13.2 Å². The summed E-state index contributed by atoms with van der Waals surface area (Å²) in [5, 5.41) is 8.38. The zero-order valence-corrected chi connectivity index (χ0v) is 16.2. The van der Waals surface area contributed by atoms with E-state index in [0.717, 1.165) is 21.1 Å². The number of nitrogen functional groups attached to an aromatic ring is 1. The number of para-hydroxylation sites is 1. The highest BCUT2D eigenvalue weighted by Gasteiger charge is 2.25. The molecule has 25 heavy (non-hydrogen) atoms. The molecule has 0 aromatic heterocycles. The van der Waals surface area contributed by atoms with Crippen molar-refractivity contribution in [1.82, 2.24) is 4.31 Å². The molecule has 0 saturated carbocycles. The number of carbonyl (C=O) groups excluding carboxylic acids is 1. The number of ether oxygens (including phenoxy) is 1. The molecule has 0 fully saturated rings. The third kappa shape index (κ3) is 8.82. The summed E-state index contributed by atoms with van der Waals surface area (Å²) < 4.78 is 32.9. The summed E-state index contributed by atoms with van der Waals surface area (Å²) in [7, 11) is -4.18. The summed E-state index contributed by atoms with van der Waals surface area (Å²) >= 11 is 0. The Bertz CT molecular complexity index is 626. The van der Waals surface area contributed by atoms with Gasteiger partial charge in [0.25, 0.3) is 0 Å². The molecule has 0 aliphatic rings. The lowest BCUT2D eigenvalue weighted by Gasteiger charge is -2.20. The number of aliphatic hydroxyl groups excluding tert-OH is 1. The molecule has 0 spiro atoms. The molecule has 0 atom stereocenters. The maximum Gasteiger partial charge on any atom is 0.389 e. The van der Waals surface area contributed by atoms with Gasteiger partial charge in [-0.05, 0) is 38.8 Å². The van der Waals surface area contributed by atoms with Crippen molar-refractivity contribution in [3.63, 3.8) is 0 Å². The van der Waals surface area contributed by atoms with Crippen LogP contribution in [0.3, 0.4) is 0 Å². The van der Waals surface area contributed by atoms with Crippen molar-refractivity contribution in [2.24, 2.45) is 0 Å². The van der Waals surface area contributed by atoms with E-state index in [-0.39, 0.29) is 19.4 Å². The van der Waals surface area contributed by atoms with Crippen molar-refractivity contribution in [2.45, 2.75) is 40.7 Å². The highest BCUT2D eigenvalue weighted by atomic mass is 32.2. The van der Waals surface area contributed by atoms with Crippen LogP contribution in [-0.2, 0) is 24.0 Å². The molecule has 0 radical (unpaired) electrons. The predicted octanol–water partition coefficient (Wildman–Crippen LogP) is 1.36. The third-order valence-corrected chi connectivity index (χ3v) is 4.48. The molecule has 0 aliphatic carbocycles. The summed E-state index contributed by atoms with van der Waals surface area (Å²) in [6.45, 7) is 8.03. The van der Waals surface area contributed by atoms with Crippen LogP contribution >= 0.6 is 0 Å². The summed E-state index contributed by atoms with van der Waals surface area (Å²) in [5.74, 6) is -1.22. The molecule has 1 aromatic carbocycles. The number of anilines is 1. The van der Waals surface area contributed by atoms with Gasteiger partial charge in [-0.3, -0.25) is 0 Å². The molecule has 0 unspecified atom stereocenters. The van der Waals surface area contributed by atoms with Gasteiger partial charge in [-0.25, -0.2) is 4.79 Å². The van der Waals surface area contributed by atoms with Crippen LogP contribution in [0.1, 0.15) is 31.9 Å². The van der Waals surface area contributed by atoms with Crippen LogP contribution in [-0.4, -0.2) is 49.8 Å². The fraction of sp³-hybridized carbons (Fsp3) is 0.562. The number of rotatable bonds is 7. The normalized spacial score (nSPS) is 11.2. The number of nitrogens with two attached hydrogens (primary N) is 1. The zero-order chi connectivity index (χ0) is 19.6. The standard InChI is InChI=1S/C8H17NO6S.C8H11N/c1-4-9(6-14-7(2)3)16(12,13)15-8(11)5-10;1-6-4-3-5-7(2)8(6)9/h7,10H,4-6H2,1-3H3;3-5H,9H2,1-2H3. The van der Waals surface area contributed by atoms with E-state index in [1.54, 1.807) is 20.8 Å². The largest absolute Gasteiger partial charge is 0.398 e. The van der Waals surface area contributed by atoms with Crippen molar-refractivity contribution < 1.29 is 27.2 Å². The van der Waals surface area contributed by atoms with E-state index in [4.69, 9.17) is 15.6 Å². The van der Waals surface area contributed by atoms with E-state index in [2.05, 4.69) is 4.18 Å². The van der Waals surface area contributed by atoms with E-state index >= 15 is 0 Å². The molecule has 144 valence electrons. The molecule has 1 aromatic rings. The van der Waals surface area contributed by atoms with Crippen molar-refractivity contribution in [1.29, 1.82) is 0 Å². The van der Waals surface area contributed by atoms with Gasteiger partial charge in [0, 0.05) is 12.2 Å². The van der Waals surface area contributed by atoms with Crippen molar-refractivity contribution in [2.75, 3.05) is 25.6 Å². The Hall–Kier alpha value is -1.68. The topological polar surface area (TPSA) is 119 Å². The Morgan fingerprint density at radius 2 is 1.80 bits per heavy atom. The number of aryl methyl sites for hydroxylation is 2. The number of aliphatic hydroxyl groups is 1. The van der Waals surface area contributed by atoms with Gasteiger partial charge in [-0.2, -0.15) is 8.42 Å². The van der Waals surface area contributed by atoms with Gasteiger partial charge in [0.15, 0.2) is 0 Å². The molecule has 8 nitrogen and oxygen atoms in total. The first-order valence-electron chi connectivity index (χ1n) is 7.81. The van der Waals surface area contributed by atoms with Gasteiger partial charge in [0.2, 0.25) is 0 Å². The van der Waals surface area contributed by atoms with Crippen LogP contribution in [0.2, 0.25) is 0 Å². The second-order valence-electron chi connectivity index (χ2n) is 5.49. The molecule has 3 N–H and O–H groups in total. The third-order valence-electron chi connectivity index (χ3n) is 3.09. The molecule has 0 amide bonds. The average molecular weight is 376 g/mol. The Labute approximate surface area is 149 Å². The maximum absolute atomic E-state index is 11.4. The van der Waals surface area contributed by atoms with Crippen molar-refractivity contribution >= 4 is 22.0 Å². The number of hydrogen-bond donors (Lipinski definition) is 2. The summed E-state index contributed by atoms with van der Waals surface area (Å²) in [5.41, 5.74) is 8.92. The number of benzene rings is 1. The van der Waals surface area contributed by atoms with Crippen molar-refractivity contribution in [3.8, 4) is 0 Å². The van der Waals surface area contributed by atoms with Crippen LogP contribution in [0.15, 0.2) is 18.2 Å². The molecular weight excluding hydrogens is 348 g/mol. The fourth-order valence-corrected chi connectivity index (χ4v) is 2.47. The molecule has 1 rings (SSSR count). The van der Waals surface area contributed by atoms with E-state index < -0.39 is 22.9 Å². The summed E-state index contributed by atoms with van der Waals surface area (Å²) in [6, 6.07) is 6.05. The first-order valence-corrected chi connectivity index (χ1v) is 9.18. The molecule has 0 bridgehead atoms. The van der Waals surface area contributed by atoms with Gasteiger partial charge in [-0.15, -0.1) is 4.31 Å². The van der Waals surface area contributed by atoms with Crippen LogP contribution in [0.5, 0.6) is 0 Å². The monoisotopic (exact) mass is 376 g/mol. The van der Waals surface area contributed by atoms with E-state index in [1.807, 2.05) is 32.0 Å². The van der Waals surface area contributed by atoms with E-state index in [0.29, 0.717) is 0 Å². The summed E-state index contributed by atoms with van der Waals surface area (Å²) in [4.78, 5) is 10.7. The quantitative estimate of drug-likeness (QED) is 0.544. The highest BCUT2D eigenvalue weighted by molar-refractivity contribution is 7.84. The lowest BCUT2D eigenvalue weighted by molar-refractivity contribution is -0.137. The van der Waals surface area contributed by atoms with Crippen LogP contribution in [0.4, 0.5) is 5.69 Å². The second-order valence-corrected chi connectivity index (χ2v) is 7.03. The zero-order valence-electron chi connectivity index (χ0n) is 15.4. The highest BCUT2D eigenvalue weighted by Crippen LogP contribution is 2.13. The Kier molecular flexibility index (Phi) is 10.3. The minimum atomic E-state index is -4.18. The lowest BCUT2D eigenvalue weighted by atomic mass is 10.1.